The van der Waals surface area contributed by atoms with E-state index in [-0.39, 0.29) is 23.5 Å². The van der Waals surface area contributed by atoms with Crippen molar-refractivity contribution in [3.63, 3.8) is 0 Å². The molecule has 1 unspecified atom stereocenters. The molecule has 1 saturated heterocycles. The Morgan fingerprint density at radius 1 is 1.29 bits per heavy atom. The van der Waals surface area contributed by atoms with Crippen molar-refractivity contribution in [3.05, 3.63) is 65.7 Å². The minimum Gasteiger partial charge on any atom is -0.490 e. The van der Waals surface area contributed by atoms with E-state index in [1.165, 1.54) is 12.1 Å². The van der Waals surface area contributed by atoms with E-state index in [1.807, 2.05) is 30.3 Å². The monoisotopic (exact) mass is 287 g/mol. The highest BCUT2D eigenvalue weighted by Gasteiger charge is 2.24. The molecule has 0 aliphatic carbocycles. The standard InChI is InChI=1S/C18H18O3/c19-17(11-10-14-6-2-1-3-7-14)16-8-4-5-9-18(16)21-13-15-12-20-15/h1-9,15H,10-13H2/i12D2,13D2,15D. The summed E-state index contributed by atoms with van der Waals surface area (Å²) in [6, 6.07) is 15.7. The molecule has 0 aromatic heterocycles. The third-order valence-corrected chi connectivity index (χ3v) is 3.13. The number of ketones is 1. The molecule has 0 radical (unpaired) electrons. The average molecular weight is 287 g/mol. The van der Waals surface area contributed by atoms with Gasteiger partial charge in [-0.1, -0.05) is 42.5 Å². The number of ether oxygens (including phenoxy) is 2. The van der Waals surface area contributed by atoms with Gasteiger partial charge in [0.05, 0.1) is 19.0 Å². The minimum atomic E-state index is -2.76. The highest BCUT2D eigenvalue weighted by Crippen LogP contribution is 2.22. The van der Waals surface area contributed by atoms with Gasteiger partial charge in [0.2, 0.25) is 0 Å². The summed E-state index contributed by atoms with van der Waals surface area (Å²) in [6.45, 7) is -5.20. The van der Waals surface area contributed by atoms with Crippen LogP contribution in [0.1, 0.15) is 29.2 Å². The molecule has 0 N–H and O–H groups in total. The van der Waals surface area contributed by atoms with Gasteiger partial charge in [0, 0.05) is 6.42 Å². The first-order valence-electron chi connectivity index (χ1n) is 9.22. The Morgan fingerprint density at radius 3 is 2.76 bits per heavy atom. The Kier molecular flexibility index (Phi) is 2.81. The number of carbonyl (C=O) groups excluding carboxylic acids is 1. The summed E-state index contributed by atoms with van der Waals surface area (Å²) in [5.74, 6) is -0.257. The summed E-state index contributed by atoms with van der Waals surface area (Å²) in [5, 5.41) is 0. The molecule has 21 heavy (non-hydrogen) atoms. The number of aryl methyl sites for hydroxylation is 1. The zero-order valence-electron chi connectivity index (χ0n) is 16.3. The fourth-order valence-corrected chi connectivity index (χ4v) is 1.99. The minimum absolute atomic E-state index is 0.0338. The Hall–Kier alpha value is -2.13. The van der Waals surface area contributed by atoms with Crippen molar-refractivity contribution in [3.8, 4) is 5.75 Å². The molecule has 108 valence electrons. The first-order valence-corrected chi connectivity index (χ1v) is 6.72. The van der Waals surface area contributed by atoms with Crippen molar-refractivity contribution in [1.82, 2.24) is 0 Å². The molecule has 0 bridgehead atoms. The smallest absolute Gasteiger partial charge is 0.166 e. The van der Waals surface area contributed by atoms with Crippen LogP contribution in [0.5, 0.6) is 5.75 Å². The van der Waals surface area contributed by atoms with Gasteiger partial charge < -0.3 is 9.47 Å². The van der Waals surface area contributed by atoms with Gasteiger partial charge in [-0.05, 0) is 24.1 Å². The van der Waals surface area contributed by atoms with Crippen LogP contribution >= 0.6 is 0 Å². The zero-order valence-corrected chi connectivity index (χ0v) is 11.3. The van der Waals surface area contributed by atoms with Crippen molar-refractivity contribution >= 4 is 5.78 Å². The molecule has 1 atom stereocenters. The van der Waals surface area contributed by atoms with Gasteiger partial charge in [-0.25, -0.2) is 0 Å². The number of epoxide rings is 1. The first kappa shape index (κ1) is 9.00. The van der Waals surface area contributed by atoms with E-state index in [2.05, 4.69) is 4.74 Å². The van der Waals surface area contributed by atoms with E-state index in [1.54, 1.807) is 12.1 Å². The number of carbonyl (C=O) groups is 1. The largest absolute Gasteiger partial charge is 0.490 e. The molecule has 1 aliphatic rings. The second-order valence-electron chi connectivity index (χ2n) is 4.64. The third kappa shape index (κ3) is 3.92. The molecule has 0 amide bonds. The predicted molar refractivity (Wildman–Crippen MR) is 80.8 cm³/mol. The Balaban J connectivity index is 1.75. The predicted octanol–water partition coefficient (Wildman–Crippen LogP) is 3.28. The lowest BCUT2D eigenvalue weighted by molar-refractivity contribution is 0.0978. The molecular formula is C18H18O3. The van der Waals surface area contributed by atoms with E-state index in [0.29, 0.717) is 6.42 Å². The molecule has 3 rings (SSSR count). The Bertz CT molecular complexity index is 809. The molecule has 3 nitrogen and oxygen atoms in total. The van der Waals surface area contributed by atoms with Crippen LogP contribution in [0.2, 0.25) is 0 Å². The van der Waals surface area contributed by atoms with Crippen molar-refractivity contribution in [2.24, 2.45) is 0 Å². The van der Waals surface area contributed by atoms with Gasteiger partial charge in [0.1, 0.15) is 18.4 Å². The number of benzene rings is 2. The molecule has 1 fully saturated rings. The van der Waals surface area contributed by atoms with Crippen LogP contribution in [0, 0.1) is 0 Å². The Labute approximate surface area is 131 Å². The maximum absolute atomic E-state index is 12.6. The Morgan fingerprint density at radius 2 is 2.00 bits per heavy atom. The molecule has 3 heteroatoms. The highest BCUT2D eigenvalue weighted by atomic mass is 16.6. The fourth-order valence-electron chi connectivity index (χ4n) is 1.99. The van der Waals surface area contributed by atoms with Crippen LogP contribution in [0.3, 0.4) is 0 Å². The van der Waals surface area contributed by atoms with E-state index in [4.69, 9.17) is 11.6 Å². The van der Waals surface area contributed by atoms with Crippen LogP contribution < -0.4 is 4.74 Å². The number of para-hydroxylation sites is 1. The summed E-state index contributed by atoms with van der Waals surface area (Å²) in [6.07, 6.45) is -1.72. The quantitative estimate of drug-likeness (QED) is 0.579. The molecule has 2 aromatic carbocycles. The van der Waals surface area contributed by atoms with Gasteiger partial charge in [0.25, 0.3) is 0 Å². The second-order valence-corrected chi connectivity index (χ2v) is 4.64. The lowest BCUT2D eigenvalue weighted by Gasteiger charge is -2.09. The van der Waals surface area contributed by atoms with Crippen molar-refractivity contribution < 1.29 is 21.1 Å². The topological polar surface area (TPSA) is 38.8 Å². The molecule has 0 spiro atoms. The van der Waals surface area contributed by atoms with Crippen molar-refractivity contribution in [2.75, 3.05) is 13.1 Å². The summed E-state index contributed by atoms with van der Waals surface area (Å²) >= 11 is 0. The van der Waals surface area contributed by atoms with Crippen LogP contribution in [0.15, 0.2) is 54.6 Å². The number of hydrogen-bond acceptors (Lipinski definition) is 3. The maximum Gasteiger partial charge on any atom is 0.166 e. The van der Waals surface area contributed by atoms with Crippen molar-refractivity contribution in [1.29, 1.82) is 0 Å². The molecular weight excluding hydrogens is 264 g/mol. The summed E-state index contributed by atoms with van der Waals surface area (Å²) in [7, 11) is 0. The fraction of sp³-hybridized carbons (Fsp3) is 0.278. The van der Waals surface area contributed by atoms with Gasteiger partial charge in [-0.15, -0.1) is 0 Å². The van der Waals surface area contributed by atoms with Crippen molar-refractivity contribution in [2.45, 2.75) is 18.9 Å². The van der Waals surface area contributed by atoms with E-state index >= 15 is 0 Å². The van der Waals surface area contributed by atoms with Crippen LogP contribution in [0.25, 0.3) is 0 Å². The van der Waals surface area contributed by atoms with Gasteiger partial charge in [-0.2, -0.15) is 0 Å². The van der Waals surface area contributed by atoms with Crippen LogP contribution in [-0.4, -0.2) is 25.0 Å². The van der Waals surface area contributed by atoms with E-state index in [9.17, 15) is 4.79 Å². The van der Waals surface area contributed by atoms with Crippen LogP contribution in [0.4, 0.5) is 0 Å². The second kappa shape index (κ2) is 6.55. The van der Waals surface area contributed by atoms with Gasteiger partial charge >= 0.3 is 0 Å². The molecule has 0 saturated carbocycles. The van der Waals surface area contributed by atoms with Gasteiger partial charge in [0.15, 0.2) is 5.78 Å². The molecule has 1 aliphatic heterocycles. The number of hydrogen-bond donors (Lipinski definition) is 0. The average Bonchev–Trinajstić information content (AvgIpc) is 3.14. The highest BCUT2D eigenvalue weighted by molar-refractivity contribution is 5.98. The maximum atomic E-state index is 12.6. The lowest BCUT2D eigenvalue weighted by Crippen LogP contribution is -2.09. The summed E-state index contributed by atoms with van der Waals surface area (Å²) < 4.78 is 48.1. The van der Waals surface area contributed by atoms with E-state index < -0.39 is 19.2 Å². The SMILES string of the molecule is [2H]C([2H])(Oc1ccccc1C(=O)CCc1ccccc1)C1([2H])OC1([2H])[2H]. The number of Topliss-reactive ketones (excluding diaryl/α,β-unsaturated/α-hetero) is 1. The normalized spacial score (nSPS) is 26.6. The zero-order chi connectivity index (χ0) is 19.0. The van der Waals surface area contributed by atoms with Gasteiger partial charge in [-0.3, -0.25) is 4.79 Å². The summed E-state index contributed by atoms with van der Waals surface area (Å²) in [5.41, 5.74) is 1.20. The summed E-state index contributed by atoms with van der Waals surface area (Å²) in [4.78, 5) is 12.6. The lowest BCUT2D eigenvalue weighted by atomic mass is 10.0. The third-order valence-electron chi connectivity index (χ3n) is 3.13. The van der Waals surface area contributed by atoms with Crippen LogP contribution in [-0.2, 0) is 11.2 Å². The number of rotatable bonds is 7. The van der Waals surface area contributed by atoms with E-state index in [0.717, 1.165) is 5.56 Å². The molecule has 2 aromatic rings. The molecule has 1 heterocycles. The first-order chi connectivity index (χ1) is 12.2.